The average Bonchev–Trinajstić information content (AvgIpc) is 2.72. The van der Waals surface area contributed by atoms with E-state index >= 15 is 0 Å². The number of hydrogen-bond donors (Lipinski definition) is 1. The van der Waals surface area contributed by atoms with Crippen molar-refractivity contribution in [2.24, 2.45) is 0 Å². The van der Waals surface area contributed by atoms with E-state index in [1.807, 2.05) is 55.6 Å². The fourth-order valence-electron chi connectivity index (χ4n) is 3.46. The monoisotopic (exact) mass is 379 g/mol. The summed E-state index contributed by atoms with van der Waals surface area (Å²) in [5.74, 6) is -0.110. The molecule has 0 spiro atoms. The molecule has 7 heteroatoms. The first-order valence-electron chi connectivity index (χ1n) is 8.73. The number of H-pyrrole nitrogens is 1. The van der Waals surface area contributed by atoms with Crippen molar-refractivity contribution in [3.8, 4) is 11.3 Å². The Labute approximate surface area is 160 Å². The first-order chi connectivity index (χ1) is 13.2. The molecule has 1 aliphatic rings. The topological polar surface area (TPSA) is 69.9 Å². The van der Waals surface area contributed by atoms with E-state index in [1.165, 1.54) is 11.8 Å². The van der Waals surface area contributed by atoms with Crippen molar-refractivity contribution in [2.75, 3.05) is 11.2 Å². The number of rotatable bonds is 3. The molecule has 2 aromatic carbocycles. The number of fused-ring (bicyclic) bond motifs is 3. The minimum absolute atomic E-state index is 0.110. The summed E-state index contributed by atoms with van der Waals surface area (Å²) in [7, 11) is 0. The third-order valence-corrected chi connectivity index (χ3v) is 5.23. The normalized spacial score (nSPS) is 15.2. The van der Waals surface area contributed by atoms with E-state index in [-0.39, 0.29) is 17.6 Å². The Balaban J connectivity index is 1.98. The van der Waals surface area contributed by atoms with Gasteiger partial charge in [-0.3, -0.25) is 14.6 Å². The molecule has 3 aromatic rings. The third kappa shape index (κ3) is 2.84. The summed E-state index contributed by atoms with van der Waals surface area (Å²) in [5, 5.41) is 5.12. The second-order valence-electron chi connectivity index (χ2n) is 6.20. The first-order valence-corrected chi connectivity index (χ1v) is 9.96. The van der Waals surface area contributed by atoms with Crippen LogP contribution in [0.4, 0.5) is 5.69 Å². The lowest BCUT2D eigenvalue weighted by Crippen LogP contribution is -2.60. The predicted octanol–water partition coefficient (Wildman–Crippen LogP) is 3.02. The minimum Gasteiger partial charge on any atom is -0.291 e. The van der Waals surface area contributed by atoms with Gasteiger partial charge in [-0.25, -0.2) is 4.90 Å². The van der Waals surface area contributed by atoms with Crippen LogP contribution in [0.3, 0.4) is 0 Å². The van der Waals surface area contributed by atoms with Gasteiger partial charge in [0.15, 0.2) is 0 Å². The van der Waals surface area contributed by atoms with Gasteiger partial charge in [-0.05, 0) is 30.5 Å². The van der Waals surface area contributed by atoms with E-state index in [2.05, 4.69) is 10.1 Å². The first kappa shape index (κ1) is 17.5. The van der Waals surface area contributed by atoms with Crippen LogP contribution in [0.25, 0.3) is 11.3 Å². The maximum atomic E-state index is 13.4. The van der Waals surface area contributed by atoms with Gasteiger partial charge in [0.2, 0.25) is 5.16 Å². The van der Waals surface area contributed by atoms with Gasteiger partial charge in [0.05, 0.1) is 11.3 Å². The number of nitrogens with one attached hydrogen (secondary N) is 1. The summed E-state index contributed by atoms with van der Waals surface area (Å²) in [5.41, 5.74) is 2.31. The quantitative estimate of drug-likeness (QED) is 0.561. The number of anilines is 1. The van der Waals surface area contributed by atoms with E-state index in [1.54, 1.807) is 21.7 Å². The summed E-state index contributed by atoms with van der Waals surface area (Å²) >= 11 is 1.36. The highest BCUT2D eigenvalue weighted by Gasteiger charge is 2.43. The zero-order chi connectivity index (χ0) is 19.0. The van der Waals surface area contributed by atoms with Gasteiger partial charge < -0.3 is 0 Å². The smallest absolute Gasteiger partial charge is 0.291 e. The summed E-state index contributed by atoms with van der Waals surface area (Å²) in [6, 6.07) is 16.7. The molecule has 136 valence electrons. The van der Waals surface area contributed by atoms with Crippen LogP contribution in [0.2, 0.25) is 0 Å². The molecular weight excluding hydrogens is 360 g/mol. The fourth-order valence-corrected chi connectivity index (χ4v) is 3.82. The Bertz CT molecular complexity index is 1070. The van der Waals surface area contributed by atoms with Crippen molar-refractivity contribution < 1.29 is 9.48 Å². The molecule has 0 radical (unpaired) electrons. The fraction of sp³-hybridized carbons (Fsp3) is 0.200. The number of hydrogen-bond acceptors (Lipinski definition) is 4. The van der Waals surface area contributed by atoms with Gasteiger partial charge in [0.25, 0.3) is 12.1 Å². The van der Waals surface area contributed by atoms with E-state index in [0.717, 1.165) is 5.69 Å². The van der Waals surface area contributed by atoms with Crippen LogP contribution in [0.15, 0.2) is 64.5 Å². The Morgan fingerprint density at radius 1 is 1.19 bits per heavy atom. The molecule has 27 heavy (non-hydrogen) atoms. The van der Waals surface area contributed by atoms with E-state index < -0.39 is 0 Å². The van der Waals surface area contributed by atoms with Gasteiger partial charge in [-0.2, -0.15) is 0 Å². The molecule has 0 unspecified atom stereocenters. The lowest BCUT2D eigenvalue weighted by atomic mass is 10.0. The van der Waals surface area contributed by atoms with E-state index in [4.69, 9.17) is 0 Å². The Morgan fingerprint density at radius 2 is 1.89 bits per heavy atom. The van der Waals surface area contributed by atoms with Crippen molar-refractivity contribution in [1.29, 1.82) is 0 Å². The van der Waals surface area contributed by atoms with Crippen LogP contribution in [0.5, 0.6) is 0 Å². The number of aromatic nitrogens is 3. The Hall–Kier alpha value is -2.93. The molecule has 0 saturated heterocycles. The Morgan fingerprint density at radius 3 is 2.59 bits per heavy atom. The molecule has 2 heterocycles. The molecule has 4 rings (SSSR count). The molecule has 6 nitrogen and oxygen atoms in total. The molecule has 0 aliphatic carbocycles. The Kier molecular flexibility index (Phi) is 4.53. The molecular formula is C20H19N4O2S+. The molecule has 0 fully saturated rings. The van der Waals surface area contributed by atoms with Crippen molar-refractivity contribution in [2.45, 2.75) is 24.7 Å². The van der Waals surface area contributed by atoms with Crippen LogP contribution in [0.1, 0.15) is 29.9 Å². The lowest BCUT2D eigenvalue weighted by molar-refractivity contribution is -0.771. The van der Waals surface area contributed by atoms with Gasteiger partial charge in [0, 0.05) is 17.1 Å². The molecule has 1 aromatic heterocycles. The highest BCUT2D eigenvalue weighted by atomic mass is 32.2. The maximum Gasteiger partial charge on any atom is 0.325 e. The van der Waals surface area contributed by atoms with Crippen molar-refractivity contribution in [3.63, 3.8) is 0 Å². The van der Waals surface area contributed by atoms with Crippen molar-refractivity contribution in [1.82, 2.24) is 10.1 Å². The van der Waals surface area contributed by atoms with Crippen LogP contribution in [-0.2, 0) is 0 Å². The van der Waals surface area contributed by atoms with Crippen molar-refractivity contribution >= 4 is 23.4 Å². The molecule has 0 saturated carbocycles. The van der Waals surface area contributed by atoms with E-state index in [0.29, 0.717) is 28.4 Å². The highest BCUT2D eigenvalue weighted by Crippen LogP contribution is 2.36. The number of nitrogens with zero attached hydrogens (tertiary/aromatic N) is 3. The molecule has 1 N–H and O–H groups in total. The number of thioether (sulfide) groups is 1. The molecule has 1 atom stereocenters. The largest absolute Gasteiger partial charge is 0.325 e. The predicted molar refractivity (Wildman–Crippen MR) is 105 cm³/mol. The second kappa shape index (κ2) is 7.00. The average molecular weight is 379 g/mol. The van der Waals surface area contributed by atoms with Gasteiger partial charge in [-0.1, -0.05) is 53.7 Å². The minimum atomic E-state index is -0.379. The van der Waals surface area contributed by atoms with Crippen LogP contribution < -0.4 is 15.1 Å². The van der Waals surface area contributed by atoms with Crippen LogP contribution in [-0.4, -0.2) is 22.2 Å². The molecule has 1 amide bonds. The van der Waals surface area contributed by atoms with Gasteiger partial charge >= 0.3 is 11.3 Å². The van der Waals surface area contributed by atoms with Crippen LogP contribution >= 0.6 is 11.8 Å². The summed E-state index contributed by atoms with van der Waals surface area (Å²) in [6.07, 6.45) is 2.10. The highest BCUT2D eigenvalue weighted by molar-refractivity contribution is 7.98. The maximum absolute atomic E-state index is 13.4. The standard InChI is InChI=1S/C20H18N4O2S/c1-3-16-23(19(26)13-9-5-4-6-10-13)15-12-8-7-11-14(15)17-18(25)21-20(27-2)22-24(16)17/h4-12,16H,3H2,1-2H3/p+1/t16-/m0/s1. The number of carbonyl (C=O) groups is 1. The number of benzene rings is 2. The number of para-hydroxylation sites is 1. The summed E-state index contributed by atoms with van der Waals surface area (Å²) in [6.45, 7) is 1.99. The zero-order valence-corrected chi connectivity index (χ0v) is 15.9. The lowest BCUT2D eigenvalue weighted by Gasteiger charge is -2.31. The molecule has 0 bridgehead atoms. The molecule has 1 aliphatic heterocycles. The number of carbonyl (C=O) groups excluding carboxylic acids is 1. The number of aromatic amines is 1. The number of amides is 1. The zero-order valence-electron chi connectivity index (χ0n) is 15.0. The van der Waals surface area contributed by atoms with Gasteiger partial charge in [-0.15, -0.1) is 0 Å². The van der Waals surface area contributed by atoms with E-state index in [9.17, 15) is 9.59 Å². The second-order valence-corrected chi connectivity index (χ2v) is 7.00. The SMILES string of the molecule is CC[C@H]1N(C(=O)c2ccccc2)c2ccccc2-c2c(=O)[nH]c(SC)n[n+]21. The summed E-state index contributed by atoms with van der Waals surface area (Å²) in [4.78, 5) is 30.7. The third-order valence-electron chi connectivity index (χ3n) is 4.66. The summed E-state index contributed by atoms with van der Waals surface area (Å²) < 4.78 is 1.69. The van der Waals surface area contributed by atoms with Crippen molar-refractivity contribution in [3.05, 3.63) is 70.5 Å². The van der Waals surface area contributed by atoms with Crippen LogP contribution in [0, 0.1) is 0 Å². The van der Waals surface area contributed by atoms with Gasteiger partial charge in [0.1, 0.15) is 0 Å².